The van der Waals surface area contributed by atoms with Gasteiger partial charge in [0.2, 0.25) is 0 Å². The van der Waals surface area contributed by atoms with Crippen molar-refractivity contribution in [2.75, 3.05) is 41.0 Å². The highest BCUT2D eigenvalue weighted by Gasteiger charge is 2.27. The lowest BCUT2D eigenvalue weighted by molar-refractivity contribution is -0.149. The summed E-state index contributed by atoms with van der Waals surface area (Å²) in [5.74, 6) is 0.639. The highest BCUT2D eigenvalue weighted by atomic mass is 127. The Morgan fingerprint density at radius 1 is 1.24 bits per heavy atom. The van der Waals surface area contributed by atoms with Crippen molar-refractivity contribution < 1.29 is 23.8 Å². The van der Waals surface area contributed by atoms with Crippen molar-refractivity contribution in [3.05, 3.63) is 29.3 Å². The van der Waals surface area contributed by atoms with E-state index in [1.54, 1.807) is 19.2 Å². The second-order valence-corrected chi connectivity index (χ2v) is 6.44. The number of ether oxygens (including phenoxy) is 3. The zero-order valence-electron chi connectivity index (χ0n) is 17.4. The summed E-state index contributed by atoms with van der Waals surface area (Å²) in [6.07, 6.45) is 1.49. The molecule has 1 aromatic rings. The number of guanidine groups is 1. The van der Waals surface area contributed by atoms with Gasteiger partial charge in [0.1, 0.15) is 11.3 Å². The number of methoxy groups -OCH3 is 2. The summed E-state index contributed by atoms with van der Waals surface area (Å²) in [7, 11) is 4.59. The molecular formula is C20H30IN3O5. The molecule has 1 N–H and O–H groups in total. The van der Waals surface area contributed by atoms with Gasteiger partial charge in [-0.05, 0) is 37.5 Å². The van der Waals surface area contributed by atoms with Crippen molar-refractivity contribution in [3.63, 3.8) is 0 Å². The van der Waals surface area contributed by atoms with Gasteiger partial charge in [-0.25, -0.2) is 4.79 Å². The van der Waals surface area contributed by atoms with E-state index in [9.17, 15) is 9.59 Å². The SMILES string of the molecule is CCOC(=O)C1CCN(C(=NC)NCc2ccc(OC)c(C(=O)OC)c2)CC1.I. The van der Waals surface area contributed by atoms with Crippen molar-refractivity contribution in [3.8, 4) is 5.75 Å². The second kappa shape index (κ2) is 12.5. The van der Waals surface area contributed by atoms with Gasteiger partial charge in [-0.15, -0.1) is 24.0 Å². The first-order chi connectivity index (χ1) is 13.5. The molecule has 0 saturated carbocycles. The Hall–Kier alpha value is -2.04. The van der Waals surface area contributed by atoms with Gasteiger partial charge in [-0.3, -0.25) is 9.79 Å². The van der Waals surface area contributed by atoms with Crippen LogP contribution in [0.25, 0.3) is 0 Å². The molecule has 0 spiro atoms. The molecule has 0 unspecified atom stereocenters. The lowest BCUT2D eigenvalue weighted by Crippen LogP contribution is -2.46. The van der Waals surface area contributed by atoms with Crippen molar-refractivity contribution in [2.45, 2.75) is 26.3 Å². The lowest BCUT2D eigenvalue weighted by atomic mass is 9.97. The summed E-state index contributed by atoms with van der Waals surface area (Å²) < 4.78 is 15.2. The standard InChI is InChI=1S/C20H29N3O5.HI/c1-5-28-18(24)15-8-10-23(11-9-15)20(21-2)22-13-14-6-7-17(26-3)16(12-14)19(25)27-4;/h6-7,12,15H,5,8-11,13H2,1-4H3,(H,21,22);1H. The first-order valence-corrected chi connectivity index (χ1v) is 9.41. The van der Waals surface area contributed by atoms with E-state index in [0.717, 1.165) is 37.5 Å². The van der Waals surface area contributed by atoms with Crippen LogP contribution in [-0.2, 0) is 20.8 Å². The Labute approximate surface area is 189 Å². The van der Waals surface area contributed by atoms with E-state index in [2.05, 4.69) is 15.2 Å². The predicted molar refractivity (Wildman–Crippen MR) is 121 cm³/mol. The van der Waals surface area contributed by atoms with Crippen LogP contribution in [0.3, 0.4) is 0 Å². The van der Waals surface area contributed by atoms with E-state index in [1.165, 1.54) is 14.2 Å². The Balaban J connectivity index is 0.00000420. The number of carbonyl (C=O) groups is 2. The molecule has 1 fully saturated rings. The number of likely N-dealkylation sites (tertiary alicyclic amines) is 1. The number of nitrogens with zero attached hydrogens (tertiary/aromatic N) is 2. The number of benzene rings is 1. The summed E-state index contributed by atoms with van der Waals surface area (Å²) in [6.45, 7) is 4.21. The Morgan fingerprint density at radius 3 is 2.48 bits per heavy atom. The van der Waals surface area contributed by atoms with Gasteiger partial charge in [0, 0.05) is 26.7 Å². The van der Waals surface area contributed by atoms with Crippen molar-refractivity contribution in [1.29, 1.82) is 0 Å². The molecule has 1 heterocycles. The smallest absolute Gasteiger partial charge is 0.341 e. The van der Waals surface area contributed by atoms with Gasteiger partial charge in [0.25, 0.3) is 0 Å². The number of hydrogen-bond acceptors (Lipinski definition) is 6. The van der Waals surface area contributed by atoms with Crippen LogP contribution in [0.4, 0.5) is 0 Å². The third-order valence-electron chi connectivity index (χ3n) is 4.75. The summed E-state index contributed by atoms with van der Waals surface area (Å²) in [5.41, 5.74) is 1.29. The van der Waals surface area contributed by atoms with Gasteiger partial charge in [0.15, 0.2) is 5.96 Å². The molecule has 0 aliphatic carbocycles. The number of halogens is 1. The molecule has 2 rings (SSSR count). The fraction of sp³-hybridized carbons (Fsp3) is 0.550. The normalized spacial score (nSPS) is 14.6. The van der Waals surface area contributed by atoms with Crippen LogP contribution >= 0.6 is 24.0 Å². The van der Waals surface area contributed by atoms with E-state index in [1.807, 2.05) is 13.0 Å². The van der Waals surface area contributed by atoms with E-state index in [-0.39, 0.29) is 35.9 Å². The second-order valence-electron chi connectivity index (χ2n) is 6.44. The monoisotopic (exact) mass is 519 g/mol. The van der Waals surface area contributed by atoms with Gasteiger partial charge in [0.05, 0.1) is 26.7 Å². The maximum Gasteiger partial charge on any atom is 0.341 e. The van der Waals surface area contributed by atoms with Gasteiger partial charge in [-0.1, -0.05) is 6.07 Å². The number of carbonyl (C=O) groups excluding carboxylic acids is 2. The summed E-state index contributed by atoms with van der Waals surface area (Å²) in [4.78, 5) is 30.3. The highest BCUT2D eigenvalue weighted by molar-refractivity contribution is 14.0. The molecule has 1 aromatic carbocycles. The molecule has 8 nitrogen and oxygen atoms in total. The molecule has 0 radical (unpaired) electrons. The molecule has 0 aromatic heterocycles. The van der Waals surface area contributed by atoms with Crippen molar-refractivity contribution in [2.24, 2.45) is 10.9 Å². The van der Waals surface area contributed by atoms with Gasteiger partial charge < -0.3 is 24.4 Å². The van der Waals surface area contributed by atoms with Crippen LogP contribution < -0.4 is 10.1 Å². The van der Waals surface area contributed by atoms with E-state index in [0.29, 0.717) is 24.5 Å². The average molecular weight is 519 g/mol. The summed E-state index contributed by atoms with van der Waals surface area (Å²) in [6, 6.07) is 5.38. The summed E-state index contributed by atoms with van der Waals surface area (Å²) >= 11 is 0. The minimum absolute atomic E-state index is 0. The molecule has 0 bridgehead atoms. The Morgan fingerprint density at radius 2 is 1.93 bits per heavy atom. The predicted octanol–water partition coefficient (Wildman–Crippen LogP) is 2.45. The fourth-order valence-electron chi connectivity index (χ4n) is 3.24. The van der Waals surface area contributed by atoms with Gasteiger partial charge >= 0.3 is 11.9 Å². The van der Waals surface area contributed by atoms with Crippen LogP contribution in [0.5, 0.6) is 5.75 Å². The first kappa shape index (κ1) is 25.0. The fourth-order valence-corrected chi connectivity index (χ4v) is 3.24. The molecule has 1 aliphatic rings. The minimum atomic E-state index is -0.441. The number of hydrogen-bond donors (Lipinski definition) is 1. The zero-order chi connectivity index (χ0) is 20.5. The number of esters is 2. The molecule has 162 valence electrons. The van der Waals surface area contributed by atoms with Crippen LogP contribution in [-0.4, -0.2) is 63.8 Å². The van der Waals surface area contributed by atoms with Gasteiger partial charge in [-0.2, -0.15) is 0 Å². The highest BCUT2D eigenvalue weighted by Crippen LogP contribution is 2.21. The van der Waals surface area contributed by atoms with E-state index >= 15 is 0 Å². The topological polar surface area (TPSA) is 89.5 Å². The zero-order valence-corrected chi connectivity index (χ0v) is 19.7. The number of rotatable bonds is 6. The first-order valence-electron chi connectivity index (χ1n) is 9.41. The van der Waals surface area contributed by atoms with E-state index in [4.69, 9.17) is 14.2 Å². The number of nitrogens with one attached hydrogen (secondary N) is 1. The van der Waals surface area contributed by atoms with Crippen LogP contribution in [0.1, 0.15) is 35.7 Å². The van der Waals surface area contributed by atoms with Crippen LogP contribution in [0, 0.1) is 5.92 Å². The third-order valence-corrected chi connectivity index (χ3v) is 4.75. The lowest BCUT2D eigenvalue weighted by Gasteiger charge is -2.33. The summed E-state index contributed by atoms with van der Waals surface area (Å²) in [5, 5.41) is 3.31. The van der Waals surface area contributed by atoms with E-state index < -0.39 is 5.97 Å². The minimum Gasteiger partial charge on any atom is -0.496 e. The Bertz CT molecular complexity index is 718. The third kappa shape index (κ3) is 6.76. The molecule has 0 atom stereocenters. The van der Waals surface area contributed by atoms with Crippen molar-refractivity contribution >= 4 is 41.9 Å². The van der Waals surface area contributed by atoms with Crippen LogP contribution in [0.2, 0.25) is 0 Å². The molecule has 0 amide bonds. The maximum atomic E-state index is 11.9. The largest absolute Gasteiger partial charge is 0.496 e. The van der Waals surface area contributed by atoms with Crippen molar-refractivity contribution in [1.82, 2.24) is 10.2 Å². The maximum absolute atomic E-state index is 11.9. The molecule has 1 saturated heterocycles. The number of piperidine rings is 1. The Kier molecular flexibility index (Phi) is 10.8. The quantitative estimate of drug-likeness (QED) is 0.267. The molecule has 9 heteroatoms. The average Bonchev–Trinajstić information content (AvgIpc) is 2.74. The molecular weight excluding hydrogens is 489 g/mol. The number of aliphatic imine (C=N–C) groups is 1. The molecule has 29 heavy (non-hydrogen) atoms. The molecule has 1 aliphatic heterocycles. The van der Waals surface area contributed by atoms with Crippen LogP contribution in [0.15, 0.2) is 23.2 Å².